The van der Waals surface area contributed by atoms with Gasteiger partial charge in [-0.2, -0.15) is 0 Å². The van der Waals surface area contributed by atoms with E-state index in [0.29, 0.717) is 6.42 Å². The van der Waals surface area contributed by atoms with Gasteiger partial charge >= 0.3 is 0 Å². The van der Waals surface area contributed by atoms with Gasteiger partial charge < -0.3 is 11.1 Å². The summed E-state index contributed by atoms with van der Waals surface area (Å²) in [5, 5.41) is 2.56. The van der Waals surface area contributed by atoms with Crippen LogP contribution in [0.5, 0.6) is 0 Å². The van der Waals surface area contributed by atoms with Crippen molar-refractivity contribution in [3.8, 4) is 0 Å². The number of benzene rings is 2. The third-order valence-electron chi connectivity index (χ3n) is 4.17. The maximum Gasteiger partial charge on any atom is 0.240 e. The lowest BCUT2D eigenvalue weighted by atomic mass is 10.0. The summed E-state index contributed by atoms with van der Waals surface area (Å²) >= 11 is 1.61. The Hall–Kier alpha value is -2.27. The number of hydrogen-bond acceptors (Lipinski definition) is 3. The van der Waals surface area contributed by atoms with Gasteiger partial charge in [0.1, 0.15) is 11.3 Å². The Bertz CT molecular complexity index is 733. The van der Waals surface area contributed by atoms with Crippen LogP contribution < -0.4 is 11.1 Å². The molecule has 0 aliphatic carbocycles. The van der Waals surface area contributed by atoms with Gasteiger partial charge in [-0.3, -0.25) is 9.59 Å². The molecule has 5 heteroatoms. The molecule has 1 heterocycles. The van der Waals surface area contributed by atoms with Gasteiger partial charge in [0, 0.05) is 6.42 Å². The molecule has 0 radical (unpaired) electrons. The molecule has 0 unspecified atom stereocenters. The fourth-order valence-electron chi connectivity index (χ4n) is 2.93. The summed E-state index contributed by atoms with van der Waals surface area (Å²) in [6, 6.07) is 16.9. The summed E-state index contributed by atoms with van der Waals surface area (Å²) in [7, 11) is 0. The van der Waals surface area contributed by atoms with Gasteiger partial charge in [-0.15, -0.1) is 11.8 Å². The van der Waals surface area contributed by atoms with Crippen LogP contribution in [0.2, 0.25) is 0 Å². The van der Waals surface area contributed by atoms with E-state index >= 15 is 0 Å². The van der Waals surface area contributed by atoms with Crippen LogP contribution >= 0.6 is 11.8 Å². The molecule has 2 aromatic rings. The van der Waals surface area contributed by atoms with E-state index in [1.165, 1.54) is 5.56 Å². The summed E-state index contributed by atoms with van der Waals surface area (Å²) in [4.78, 5) is 24.5. The maximum atomic E-state index is 12.7. The van der Waals surface area contributed by atoms with E-state index in [9.17, 15) is 9.59 Å². The molecule has 0 spiro atoms. The maximum absolute atomic E-state index is 12.7. The fourth-order valence-corrected chi connectivity index (χ4v) is 4.13. The number of aryl methyl sites for hydroxylation is 1. The van der Waals surface area contributed by atoms with Crippen LogP contribution in [0, 0.1) is 0 Å². The standard InChI is InChI=1S/C19H20N2O2S/c20-18(22)16(12-13-6-2-1-3-7-13)21-19(23)17-15-9-5-4-8-14(15)10-11-24-17/h1-9,16-17H,10-12H2,(H2,20,22)(H,21,23)/t16-,17-/m1/s1. The van der Waals surface area contributed by atoms with Gasteiger partial charge in [0.25, 0.3) is 0 Å². The highest BCUT2D eigenvalue weighted by Crippen LogP contribution is 2.36. The molecule has 2 atom stereocenters. The molecule has 1 aliphatic rings. The first-order valence-electron chi connectivity index (χ1n) is 7.98. The quantitative estimate of drug-likeness (QED) is 0.877. The van der Waals surface area contributed by atoms with E-state index in [0.717, 1.165) is 23.3 Å². The molecule has 0 aromatic heterocycles. The van der Waals surface area contributed by atoms with Crippen LogP contribution in [0.4, 0.5) is 0 Å². The topological polar surface area (TPSA) is 72.2 Å². The molecule has 2 amide bonds. The lowest BCUT2D eigenvalue weighted by molar-refractivity contribution is -0.127. The van der Waals surface area contributed by atoms with Gasteiger partial charge in [-0.1, -0.05) is 54.6 Å². The van der Waals surface area contributed by atoms with Crippen LogP contribution in [0.15, 0.2) is 54.6 Å². The summed E-state index contributed by atoms with van der Waals surface area (Å²) < 4.78 is 0. The van der Waals surface area contributed by atoms with Crippen molar-refractivity contribution in [3.63, 3.8) is 0 Å². The molecule has 0 saturated carbocycles. The number of rotatable bonds is 5. The molecule has 124 valence electrons. The highest BCUT2D eigenvalue weighted by atomic mass is 32.2. The predicted molar refractivity (Wildman–Crippen MR) is 96.6 cm³/mol. The molecule has 3 rings (SSSR count). The summed E-state index contributed by atoms with van der Waals surface area (Å²) in [6.45, 7) is 0. The number of nitrogens with one attached hydrogen (secondary N) is 1. The van der Waals surface area contributed by atoms with E-state index in [1.54, 1.807) is 11.8 Å². The van der Waals surface area contributed by atoms with Crippen molar-refractivity contribution in [1.82, 2.24) is 5.32 Å². The van der Waals surface area contributed by atoms with Crippen LogP contribution in [0.3, 0.4) is 0 Å². The summed E-state index contributed by atoms with van der Waals surface area (Å²) in [5.41, 5.74) is 8.71. The SMILES string of the molecule is NC(=O)[C@@H](Cc1ccccc1)NC(=O)[C@@H]1SCCc2ccccc21. The molecule has 3 N–H and O–H groups in total. The van der Waals surface area contributed by atoms with Crippen LogP contribution in [-0.2, 0) is 22.4 Å². The van der Waals surface area contributed by atoms with Crippen molar-refractivity contribution in [2.75, 3.05) is 5.75 Å². The number of nitrogens with two attached hydrogens (primary N) is 1. The largest absolute Gasteiger partial charge is 0.368 e. The van der Waals surface area contributed by atoms with Gasteiger partial charge in [0.15, 0.2) is 0 Å². The Morgan fingerprint density at radius 3 is 2.58 bits per heavy atom. The lowest BCUT2D eigenvalue weighted by Crippen LogP contribution is -2.47. The van der Waals surface area contributed by atoms with Crippen molar-refractivity contribution >= 4 is 23.6 Å². The molecule has 4 nitrogen and oxygen atoms in total. The molecule has 0 bridgehead atoms. The molecule has 1 aliphatic heterocycles. The summed E-state index contributed by atoms with van der Waals surface area (Å²) in [5.74, 6) is 0.239. The van der Waals surface area contributed by atoms with Crippen LogP contribution in [-0.4, -0.2) is 23.6 Å². The first kappa shape index (κ1) is 16.6. The minimum Gasteiger partial charge on any atom is -0.368 e. The Balaban J connectivity index is 1.74. The fraction of sp³-hybridized carbons (Fsp3) is 0.263. The highest BCUT2D eigenvalue weighted by Gasteiger charge is 2.29. The Kier molecular flexibility index (Phi) is 5.20. The average Bonchev–Trinajstić information content (AvgIpc) is 2.61. The number of hydrogen-bond donors (Lipinski definition) is 2. The monoisotopic (exact) mass is 340 g/mol. The number of thioether (sulfide) groups is 1. The molecule has 24 heavy (non-hydrogen) atoms. The highest BCUT2D eigenvalue weighted by molar-refractivity contribution is 8.00. The van der Waals surface area contributed by atoms with Crippen molar-refractivity contribution in [1.29, 1.82) is 0 Å². The third-order valence-corrected chi connectivity index (χ3v) is 5.42. The number of primary amides is 1. The Morgan fingerprint density at radius 1 is 1.12 bits per heavy atom. The van der Waals surface area contributed by atoms with E-state index in [1.807, 2.05) is 48.5 Å². The van der Waals surface area contributed by atoms with Gasteiger partial charge in [0.2, 0.25) is 11.8 Å². The Morgan fingerprint density at radius 2 is 1.83 bits per heavy atom. The van der Waals surface area contributed by atoms with E-state index in [4.69, 9.17) is 5.73 Å². The van der Waals surface area contributed by atoms with Crippen molar-refractivity contribution < 1.29 is 9.59 Å². The normalized spacial score (nSPS) is 17.6. The van der Waals surface area contributed by atoms with Gasteiger partial charge in [-0.05, 0) is 28.9 Å². The minimum atomic E-state index is -0.699. The van der Waals surface area contributed by atoms with E-state index in [-0.39, 0.29) is 11.2 Å². The lowest BCUT2D eigenvalue weighted by Gasteiger charge is -2.26. The van der Waals surface area contributed by atoms with Crippen molar-refractivity contribution in [2.45, 2.75) is 24.1 Å². The van der Waals surface area contributed by atoms with Crippen LogP contribution in [0.25, 0.3) is 0 Å². The first-order chi connectivity index (χ1) is 11.6. The molecule has 0 saturated heterocycles. The zero-order valence-electron chi connectivity index (χ0n) is 13.3. The smallest absolute Gasteiger partial charge is 0.240 e. The van der Waals surface area contributed by atoms with Gasteiger partial charge in [-0.25, -0.2) is 0 Å². The zero-order chi connectivity index (χ0) is 16.9. The molecule has 2 aromatic carbocycles. The van der Waals surface area contributed by atoms with Crippen LogP contribution in [0.1, 0.15) is 21.9 Å². The molecular formula is C19H20N2O2S. The van der Waals surface area contributed by atoms with Crippen molar-refractivity contribution in [3.05, 3.63) is 71.3 Å². The number of carbonyl (C=O) groups excluding carboxylic acids is 2. The predicted octanol–water partition coefficient (Wildman–Crippen LogP) is 2.23. The zero-order valence-corrected chi connectivity index (χ0v) is 14.1. The van der Waals surface area contributed by atoms with E-state index in [2.05, 4.69) is 11.4 Å². The van der Waals surface area contributed by atoms with Crippen molar-refractivity contribution in [2.24, 2.45) is 5.73 Å². The minimum absolute atomic E-state index is 0.146. The number of fused-ring (bicyclic) bond motifs is 1. The second-order valence-electron chi connectivity index (χ2n) is 5.85. The number of amides is 2. The second kappa shape index (κ2) is 7.53. The first-order valence-corrected chi connectivity index (χ1v) is 9.03. The number of carbonyl (C=O) groups is 2. The Labute approximate surface area is 145 Å². The average molecular weight is 340 g/mol. The summed E-state index contributed by atoms with van der Waals surface area (Å²) in [6.07, 6.45) is 1.37. The third kappa shape index (κ3) is 3.79. The van der Waals surface area contributed by atoms with Gasteiger partial charge in [0.05, 0.1) is 0 Å². The van der Waals surface area contributed by atoms with E-state index < -0.39 is 11.9 Å². The second-order valence-corrected chi connectivity index (χ2v) is 7.07. The molecule has 0 fully saturated rings. The molecular weight excluding hydrogens is 320 g/mol.